The summed E-state index contributed by atoms with van der Waals surface area (Å²) in [6.45, 7) is 4.86. The summed E-state index contributed by atoms with van der Waals surface area (Å²) in [4.78, 5) is 0. The van der Waals surface area contributed by atoms with Gasteiger partial charge in [-0.1, -0.05) is 18.2 Å². The van der Waals surface area contributed by atoms with Crippen molar-refractivity contribution in [2.24, 2.45) is 0 Å². The smallest absolute Gasteiger partial charge is 0.119 e. The van der Waals surface area contributed by atoms with Crippen LogP contribution in [0.2, 0.25) is 0 Å². The molecule has 2 rings (SSSR count). The molecular formula is C16H19NO. The normalized spacial score (nSPS) is 10.2. The highest BCUT2D eigenvalue weighted by atomic mass is 16.5. The summed E-state index contributed by atoms with van der Waals surface area (Å²) in [7, 11) is 1.91. The monoisotopic (exact) mass is 241 g/mol. The van der Waals surface area contributed by atoms with Crippen LogP contribution in [0.3, 0.4) is 0 Å². The Labute approximate surface area is 109 Å². The van der Waals surface area contributed by atoms with Gasteiger partial charge in [0.25, 0.3) is 0 Å². The van der Waals surface area contributed by atoms with Gasteiger partial charge in [0, 0.05) is 12.7 Å². The largest absolute Gasteiger partial charge is 0.489 e. The molecule has 0 aliphatic heterocycles. The Morgan fingerprint density at radius 1 is 0.944 bits per heavy atom. The number of nitrogens with one attached hydrogen (secondary N) is 1. The summed E-state index contributed by atoms with van der Waals surface area (Å²) < 4.78 is 5.76. The Bertz CT molecular complexity index is 517. The molecule has 0 aromatic heterocycles. The number of hydrogen-bond donors (Lipinski definition) is 1. The van der Waals surface area contributed by atoms with Crippen molar-refractivity contribution in [1.29, 1.82) is 0 Å². The molecule has 0 radical (unpaired) electrons. The fourth-order valence-electron chi connectivity index (χ4n) is 1.78. The van der Waals surface area contributed by atoms with E-state index < -0.39 is 0 Å². The van der Waals surface area contributed by atoms with Crippen LogP contribution in [0.25, 0.3) is 0 Å². The highest BCUT2D eigenvalue weighted by Gasteiger charge is 1.98. The first kappa shape index (κ1) is 12.5. The average molecular weight is 241 g/mol. The third kappa shape index (κ3) is 3.04. The van der Waals surface area contributed by atoms with E-state index in [1.807, 2.05) is 31.3 Å². The lowest BCUT2D eigenvalue weighted by molar-refractivity contribution is 0.306. The van der Waals surface area contributed by atoms with E-state index in [0.717, 1.165) is 11.4 Å². The predicted molar refractivity (Wildman–Crippen MR) is 76.2 cm³/mol. The van der Waals surface area contributed by atoms with Crippen LogP contribution in [0.15, 0.2) is 42.5 Å². The molecule has 2 nitrogen and oxygen atoms in total. The summed E-state index contributed by atoms with van der Waals surface area (Å²) in [6, 6.07) is 14.4. The highest BCUT2D eigenvalue weighted by Crippen LogP contribution is 2.17. The zero-order valence-corrected chi connectivity index (χ0v) is 11.2. The number of benzene rings is 2. The molecule has 0 saturated heterocycles. The van der Waals surface area contributed by atoms with Gasteiger partial charge in [-0.25, -0.2) is 0 Å². The molecule has 2 aromatic carbocycles. The maximum atomic E-state index is 5.76. The molecule has 2 aromatic rings. The molecule has 0 fully saturated rings. The highest BCUT2D eigenvalue weighted by molar-refractivity contribution is 5.45. The summed E-state index contributed by atoms with van der Waals surface area (Å²) in [5.41, 5.74) is 4.92. The predicted octanol–water partition coefficient (Wildman–Crippen LogP) is 3.92. The van der Waals surface area contributed by atoms with Gasteiger partial charge < -0.3 is 10.1 Å². The van der Waals surface area contributed by atoms with Crippen molar-refractivity contribution in [3.05, 3.63) is 59.2 Å². The van der Waals surface area contributed by atoms with Crippen LogP contribution in [0.5, 0.6) is 5.75 Å². The average Bonchev–Trinajstić information content (AvgIpc) is 2.41. The minimum atomic E-state index is 0.611. The van der Waals surface area contributed by atoms with E-state index in [0.29, 0.717) is 6.61 Å². The molecule has 94 valence electrons. The van der Waals surface area contributed by atoms with Crippen molar-refractivity contribution in [3.8, 4) is 5.75 Å². The Kier molecular flexibility index (Phi) is 3.88. The van der Waals surface area contributed by atoms with E-state index >= 15 is 0 Å². The summed E-state index contributed by atoms with van der Waals surface area (Å²) in [5.74, 6) is 0.896. The molecule has 0 heterocycles. The maximum absolute atomic E-state index is 5.76. The Morgan fingerprint density at radius 2 is 1.67 bits per heavy atom. The third-order valence-electron chi connectivity index (χ3n) is 3.12. The lowest BCUT2D eigenvalue weighted by Crippen LogP contribution is -1.96. The van der Waals surface area contributed by atoms with E-state index in [1.165, 1.54) is 16.7 Å². The van der Waals surface area contributed by atoms with Crippen molar-refractivity contribution < 1.29 is 4.74 Å². The molecule has 2 heteroatoms. The van der Waals surface area contributed by atoms with Gasteiger partial charge in [0.2, 0.25) is 0 Å². The van der Waals surface area contributed by atoms with Crippen LogP contribution >= 0.6 is 0 Å². The number of hydrogen-bond acceptors (Lipinski definition) is 2. The van der Waals surface area contributed by atoms with Crippen molar-refractivity contribution in [2.75, 3.05) is 12.4 Å². The first-order valence-corrected chi connectivity index (χ1v) is 6.16. The summed E-state index contributed by atoms with van der Waals surface area (Å²) in [6.07, 6.45) is 0. The quantitative estimate of drug-likeness (QED) is 0.875. The zero-order chi connectivity index (χ0) is 13.0. The zero-order valence-electron chi connectivity index (χ0n) is 11.2. The second-order valence-corrected chi connectivity index (χ2v) is 4.48. The summed E-state index contributed by atoms with van der Waals surface area (Å²) in [5, 5.41) is 3.09. The first-order chi connectivity index (χ1) is 8.69. The van der Waals surface area contributed by atoms with Gasteiger partial charge in [0.15, 0.2) is 0 Å². The molecule has 1 N–H and O–H groups in total. The minimum Gasteiger partial charge on any atom is -0.489 e. The Balaban J connectivity index is 1.99. The minimum absolute atomic E-state index is 0.611. The molecule has 0 bridgehead atoms. The van der Waals surface area contributed by atoms with Crippen LogP contribution in [0.4, 0.5) is 5.69 Å². The second-order valence-electron chi connectivity index (χ2n) is 4.48. The number of anilines is 1. The van der Waals surface area contributed by atoms with Crippen LogP contribution in [-0.2, 0) is 6.61 Å². The lowest BCUT2D eigenvalue weighted by atomic mass is 10.1. The third-order valence-corrected chi connectivity index (χ3v) is 3.12. The Morgan fingerprint density at radius 3 is 2.28 bits per heavy atom. The fourth-order valence-corrected chi connectivity index (χ4v) is 1.78. The van der Waals surface area contributed by atoms with Crippen LogP contribution in [-0.4, -0.2) is 7.05 Å². The molecule has 0 spiro atoms. The van der Waals surface area contributed by atoms with Gasteiger partial charge >= 0.3 is 0 Å². The molecule has 0 unspecified atom stereocenters. The van der Waals surface area contributed by atoms with Gasteiger partial charge in [-0.15, -0.1) is 0 Å². The molecule has 0 atom stereocenters. The number of ether oxygens (including phenoxy) is 1. The number of rotatable bonds is 4. The maximum Gasteiger partial charge on any atom is 0.119 e. The molecule has 0 aliphatic rings. The topological polar surface area (TPSA) is 21.3 Å². The van der Waals surface area contributed by atoms with Gasteiger partial charge in [-0.05, 0) is 54.8 Å². The van der Waals surface area contributed by atoms with Crippen LogP contribution < -0.4 is 10.1 Å². The van der Waals surface area contributed by atoms with E-state index in [1.54, 1.807) is 0 Å². The van der Waals surface area contributed by atoms with Crippen molar-refractivity contribution in [2.45, 2.75) is 20.5 Å². The van der Waals surface area contributed by atoms with E-state index in [-0.39, 0.29) is 0 Å². The molecule has 0 amide bonds. The van der Waals surface area contributed by atoms with Crippen molar-refractivity contribution in [3.63, 3.8) is 0 Å². The van der Waals surface area contributed by atoms with Gasteiger partial charge in [0.1, 0.15) is 12.4 Å². The first-order valence-electron chi connectivity index (χ1n) is 6.16. The summed E-state index contributed by atoms with van der Waals surface area (Å²) >= 11 is 0. The van der Waals surface area contributed by atoms with Gasteiger partial charge in [0.05, 0.1) is 0 Å². The SMILES string of the molecule is CNc1ccc(OCc2ccc(C)c(C)c2)cc1. The molecular weight excluding hydrogens is 222 g/mol. The van der Waals surface area contributed by atoms with E-state index in [9.17, 15) is 0 Å². The number of aryl methyl sites for hydroxylation is 2. The fraction of sp³-hybridized carbons (Fsp3) is 0.250. The van der Waals surface area contributed by atoms with Gasteiger partial charge in [-0.3, -0.25) is 0 Å². The van der Waals surface area contributed by atoms with Crippen molar-refractivity contribution in [1.82, 2.24) is 0 Å². The van der Waals surface area contributed by atoms with Gasteiger partial charge in [-0.2, -0.15) is 0 Å². The van der Waals surface area contributed by atoms with Crippen LogP contribution in [0.1, 0.15) is 16.7 Å². The van der Waals surface area contributed by atoms with Crippen LogP contribution in [0, 0.1) is 13.8 Å². The Hall–Kier alpha value is -1.96. The van der Waals surface area contributed by atoms with E-state index in [4.69, 9.17) is 4.74 Å². The van der Waals surface area contributed by atoms with Crippen molar-refractivity contribution >= 4 is 5.69 Å². The lowest BCUT2D eigenvalue weighted by Gasteiger charge is -2.09. The standard InChI is InChI=1S/C16H19NO/c1-12-4-5-14(10-13(12)2)11-18-16-8-6-15(17-3)7-9-16/h4-10,17H,11H2,1-3H3. The molecule has 0 saturated carbocycles. The molecule has 0 aliphatic carbocycles. The second kappa shape index (κ2) is 5.58. The van der Waals surface area contributed by atoms with E-state index in [2.05, 4.69) is 37.4 Å². The molecule has 18 heavy (non-hydrogen) atoms.